The molecule has 3 atom stereocenters. The molecule has 3 rings (SSSR count). The van der Waals surface area contributed by atoms with Gasteiger partial charge in [-0.05, 0) is 42.7 Å². The Bertz CT molecular complexity index is 371. The predicted octanol–water partition coefficient (Wildman–Crippen LogP) is 3.71. The second kappa shape index (κ2) is 4.38. The van der Waals surface area contributed by atoms with E-state index in [2.05, 4.69) is 24.3 Å². The summed E-state index contributed by atoms with van der Waals surface area (Å²) in [6.07, 6.45) is 5.15. The third-order valence-corrected chi connectivity index (χ3v) is 4.43. The molecule has 1 heterocycles. The predicted molar refractivity (Wildman–Crippen MR) is 65.8 cm³/mol. The Morgan fingerprint density at radius 2 is 2.19 bits per heavy atom. The quantitative estimate of drug-likeness (QED) is 0.712. The molecule has 2 aliphatic rings. The second-order valence-corrected chi connectivity index (χ2v) is 5.41. The Morgan fingerprint density at radius 1 is 1.31 bits per heavy atom. The van der Waals surface area contributed by atoms with E-state index in [1.54, 1.807) is 0 Å². The molecule has 1 aliphatic carbocycles. The summed E-state index contributed by atoms with van der Waals surface area (Å²) in [4.78, 5) is 0. The lowest BCUT2D eigenvalue weighted by atomic mass is 9.97. The lowest BCUT2D eigenvalue weighted by Crippen LogP contribution is -2.14. The zero-order valence-electron chi connectivity index (χ0n) is 9.36. The van der Waals surface area contributed by atoms with E-state index in [0.717, 1.165) is 19.4 Å². The standard InChI is InChI=1S/C14H17ClO/c15-14-11(9-12-5-3-7-16-12)8-10-4-1-2-6-13(10)14/h1-2,4,6,11-12,14H,3,5,7-9H2. The van der Waals surface area contributed by atoms with Gasteiger partial charge in [0.05, 0.1) is 11.5 Å². The molecule has 0 aromatic heterocycles. The van der Waals surface area contributed by atoms with Crippen LogP contribution in [0.2, 0.25) is 0 Å². The molecule has 0 radical (unpaired) electrons. The molecule has 3 unspecified atom stereocenters. The number of benzene rings is 1. The Morgan fingerprint density at radius 3 is 2.94 bits per heavy atom. The van der Waals surface area contributed by atoms with E-state index in [1.807, 2.05) is 0 Å². The van der Waals surface area contributed by atoms with E-state index in [0.29, 0.717) is 12.0 Å². The van der Waals surface area contributed by atoms with Crippen LogP contribution in [0.3, 0.4) is 0 Å². The summed E-state index contributed by atoms with van der Waals surface area (Å²) in [5.74, 6) is 0.571. The highest BCUT2D eigenvalue weighted by atomic mass is 35.5. The fraction of sp³-hybridized carbons (Fsp3) is 0.571. The van der Waals surface area contributed by atoms with Gasteiger partial charge < -0.3 is 4.74 Å². The van der Waals surface area contributed by atoms with Gasteiger partial charge in [0.15, 0.2) is 0 Å². The number of rotatable bonds is 2. The number of hydrogen-bond donors (Lipinski definition) is 0. The van der Waals surface area contributed by atoms with Gasteiger partial charge in [0.1, 0.15) is 0 Å². The van der Waals surface area contributed by atoms with Gasteiger partial charge in [0, 0.05) is 6.61 Å². The lowest BCUT2D eigenvalue weighted by molar-refractivity contribution is 0.0901. The van der Waals surface area contributed by atoms with E-state index in [-0.39, 0.29) is 5.38 Å². The first-order chi connectivity index (χ1) is 7.84. The van der Waals surface area contributed by atoms with E-state index in [9.17, 15) is 0 Å². The first kappa shape index (κ1) is 10.6. The van der Waals surface area contributed by atoms with Crippen LogP contribution in [-0.4, -0.2) is 12.7 Å². The zero-order chi connectivity index (χ0) is 11.0. The smallest absolute Gasteiger partial charge is 0.0620 e. The van der Waals surface area contributed by atoms with Crippen LogP contribution in [0, 0.1) is 5.92 Å². The maximum absolute atomic E-state index is 6.53. The van der Waals surface area contributed by atoms with Crippen molar-refractivity contribution >= 4 is 11.6 Å². The maximum Gasteiger partial charge on any atom is 0.0620 e. The summed E-state index contributed by atoms with van der Waals surface area (Å²) in [5, 5.41) is 0.195. The summed E-state index contributed by atoms with van der Waals surface area (Å²) >= 11 is 6.53. The first-order valence-electron chi connectivity index (χ1n) is 6.18. The van der Waals surface area contributed by atoms with Crippen LogP contribution >= 0.6 is 11.6 Å². The summed E-state index contributed by atoms with van der Waals surface area (Å²) in [5.41, 5.74) is 2.78. The van der Waals surface area contributed by atoms with Crippen LogP contribution in [-0.2, 0) is 11.2 Å². The number of alkyl halides is 1. The molecule has 86 valence electrons. The minimum absolute atomic E-state index is 0.195. The molecule has 2 heteroatoms. The molecule has 1 nitrogen and oxygen atoms in total. The number of ether oxygens (including phenoxy) is 1. The third kappa shape index (κ3) is 1.87. The average Bonchev–Trinajstić information content (AvgIpc) is 2.90. The highest BCUT2D eigenvalue weighted by Gasteiger charge is 2.33. The second-order valence-electron chi connectivity index (χ2n) is 4.94. The zero-order valence-corrected chi connectivity index (χ0v) is 10.1. The highest BCUT2D eigenvalue weighted by molar-refractivity contribution is 6.21. The van der Waals surface area contributed by atoms with Crippen molar-refractivity contribution in [2.45, 2.75) is 37.2 Å². The van der Waals surface area contributed by atoms with Crippen molar-refractivity contribution in [3.05, 3.63) is 35.4 Å². The van der Waals surface area contributed by atoms with E-state index in [1.165, 1.54) is 24.0 Å². The Kier molecular flexibility index (Phi) is 2.91. The third-order valence-electron chi connectivity index (χ3n) is 3.84. The van der Waals surface area contributed by atoms with Crippen molar-refractivity contribution in [3.8, 4) is 0 Å². The first-order valence-corrected chi connectivity index (χ1v) is 6.61. The van der Waals surface area contributed by atoms with Crippen LogP contribution in [0.4, 0.5) is 0 Å². The summed E-state index contributed by atoms with van der Waals surface area (Å²) in [6, 6.07) is 8.57. The molecule has 1 fully saturated rings. The molecule has 0 N–H and O–H groups in total. The highest BCUT2D eigenvalue weighted by Crippen LogP contribution is 2.43. The van der Waals surface area contributed by atoms with Gasteiger partial charge in [-0.25, -0.2) is 0 Å². The molecular formula is C14H17ClO. The molecule has 0 spiro atoms. The molecule has 1 aromatic carbocycles. The van der Waals surface area contributed by atoms with Gasteiger partial charge >= 0.3 is 0 Å². The lowest BCUT2D eigenvalue weighted by Gasteiger charge is -2.18. The van der Waals surface area contributed by atoms with Gasteiger partial charge in [0.2, 0.25) is 0 Å². The van der Waals surface area contributed by atoms with Crippen LogP contribution in [0.25, 0.3) is 0 Å². The van der Waals surface area contributed by atoms with E-state index < -0.39 is 0 Å². The largest absolute Gasteiger partial charge is 0.378 e. The van der Waals surface area contributed by atoms with Crippen molar-refractivity contribution < 1.29 is 4.74 Å². The minimum Gasteiger partial charge on any atom is -0.378 e. The summed E-state index contributed by atoms with van der Waals surface area (Å²) < 4.78 is 5.70. The molecule has 1 aliphatic heterocycles. The Labute approximate surface area is 102 Å². The Balaban J connectivity index is 1.71. The summed E-state index contributed by atoms with van der Waals surface area (Å²) in [7, 11) is 0. The van der Waals surface area contributed by atoms with Crippen molar-refractivity contribution in [2.24, 2.45) is 5.92 Å². The van der Waals surface area contributed by atoms with Crippen molar-refractivity contribution in [2.75, 3.05) is 6.61 Å². The van der Waals surface area contributed by atoms with Gasteiger partial charge in [-0.1, -0.05) is 24.3 Å². The topological polar surface area (TPSA) is 9.23 Å². The molecule has 1 aromatic rings. The molecule has 0 saturated carbocycles. The number of halogens is 1. The van der Waals surface area contributed by atoms with Gasteiger partial charge in [0.25, 0.3) is 0 Å². The molecule has 0 bridgehead atoms. The average molecular weight is 237 g/mol. The fourth-order valence-electron chi connectivity index (χ4n) is 3.00. The van der Waals surface area contributed by atoms with E-state index >= 15 is 0 Å². The number of fused-ring (bicyclic) bond motifs is 1. The number of hydrogen-bond acceptors (Lipinski definition) is 1. The monoisotopic (exact) mass is 236 g/mol. The Hall–Kier alpha value is -0.530. The molecule has 16 heavy (non-hydrogen) atoms. The van der Waals surface area contributed by atoms with Gasteiger partial charge in [-0.2, -0.15) is 0 Å². The van der Waals surface area contributed by atoms with Crippen LogP contribution < -0.4 is 0 Å². The molecule has 0 amide bonds. The fourth-order valence-corrected chi connectivity index (χ4v) is 3.40. The van der Waals surface area contributed by atoms with Crippen LogP contribution in [0.1, 0.15) is 35.8 Å². The normalized spacial score (nSPS) is 32.9. The molecular weight excluding hydrogens is 220 g/mol. The minimum atomic E-state index is 0.195. The van der Waals surface area contributed by atoms with E-state index in [4.69, 9.17) is 16.3 Å². The SMILES string of the molecule is ClC1c2ccccc2CC1CC1CCCO1. The van der Waals surface area contributed by atoms with Crippen molar-refractivity contribution in [3.63, 3.8) is 0 Å². The van der Waals surface area contributed by atoms with Gasteiger partial charge in [-0.3, -0.25) is 0 Å². The van der Waals surface area contributed by atoms with Crippen molar-refractivity contribution in [1.29, 1.82) is 0 Å². The van der Waals surface area contributed by atoms with Crippen molar-refractivity contribution in [1.82, 2.24) is 0 Å². The molecule has 1 saturated heterocycles. The van der Waals surface area contributed by atoms with Crippen LogP contribution in [0.15, 0.2) is 24.3 Å². The van der Waals surface area contributed by atoms with Gasteiger partial charge in [-0.15, -0.1) is 11.6 Å². The van der Waals surface area contributed by atoms with Crippen LogP contribution in [0.5, 0.6) is 0 Å². The maximum atomic E-state index is 6.53. The summed E-state index contributed by atoms with van der Waals surface area (Å²) in [6.45, 7) is 0.942.